The molecule has 0 radical (unpaired) electrons. The SMILES string of the molecule is CCNC(C)(CN1CCOCC1CC)C(N)=O. The van der Waals surface area contributed by atoms with Crippen molar-refractivity contribution in [2.75, 3.05) is 32.8 Å². The maximum Gasteiger partial charge on any atom is 0.238 e. The molecular formula is C12H25N3O2. The minimum absolute atomic E-state index is 0.291. The predicted molar refractivity (Wildman–Crippen MR) is 67.7 cm³/mol. The maximum absolute atomic E-state index is 11.6. The van der Waals surface area contributed by atoms with E-state index in [4.69, 9.17) is 10.5 Å². The topological polar surface area (TPSA) is 67.6 Å². The lowest BCUT2D eigenvalue weighted by molar-refractivity contribution is -0.125. The third-order valence-corrected chi connectivity index (χ3v) is 3.45. The van der Waals surface area contributed by atoms with Crippen LogP contribution in [0.2, 0.25) is 0 Å². The quantitative estimate of drug-likeness (QED) is 0.686. The van der Waals surface area contributed by atoms with Crippen molar-refractivity contribution in [2.45, 2.75) is 38.8 Å². The Bertz CT molecular complexity index is 260. The molecule has 1 aliphatic heterocycles. The molecule has 0 aliphatic carbocycles. The van der Waals surface area contributed by atoms with Gasteiger partial charge < -0.3 is 15.8 Å². The Kier molecular flexibility index (Phi) is 5.36. The first-order chi connectivity index (χ1) is 8.03. The molecule has 1 aliphatic rings. The lowest BCUT2D eigenvalue weighted by Crippen LogP contribution is -2.62. The average molecular weight is 243 g/mol. The molecule has 0 aromatic rings. The van der Waals surface area contributed by atoms with Crippen LogP contribution in [0.1, 0.15) is 27.2 Å². The normalized spacial score (nSPS) is 25.5. The van der Waals surface area contributed by atoms with Gasteiger partial charge in [0.2, 0.25) is 5.91 Å². The zero-order valence-electron chi connectivity index (χ0n) is 11.2. The Balaban J connectivity index is 2.67. The van der Waals surface area contributed by atoms with E-state index in [0.29, 0.717) is 12.6 Å². The van der Waals surface area contributed by atoms with Crippen LogP contribution in [0.3, 0.4) is 0 Å². The highest BCUT2D eigenvalue weighted by atomic mass is 16.5. The zero-order chi connectivity index (χ0) is 12.9. The molecule has 2 unspecified atom stereocenters. The van der Waals surface area contributed by atoms with Gasteiger partial charge in [-0.1, -0.05) is 13.8 Å². The standard InChI is InChI=1S/C12H25N3O2/c1-4-10-8-17-7-6-15(10)9-12(3,11(13)16)14-5-2/h10,14H,4-9H2,1-3H3,(H2,13,16). The first kappa shape index (κ1) is 14.4. The fraction of sp³-hybridized carbons (Fsp3) is 0.917. The molecule has 5 heteroatoms. The van der Waals surface area contributed by atoms with E-state index in [-0.39, 0.29) is 5.91 Å². The van der Waals surface area contributed by atoms with Gasteiger partial charge in [0.25, 0.3) is 0 Å². The first-order valence-corrected chi connectivity index (χ1v) is 6.40. The summed E-state index contributed by atoms with van der Waals surface area (Å²) in [6.45, 7) is 9.74. The smallest absolute Gasteiger partial charge is 0.238 e. The lowest BCUT2D eigenvalue weighted by Gasteiger charge is -2.40. The molecule has 0 spiro atoms. The molecule has 17 heavy (non-hydrogen) atoms. The summed E-state index contributed by atoms with van der Waals surface area (Å²) in [5, 5.41) is 3.19. The number of primary amides is 1. The number of carbonyl (C=O) groups is 1. The van der Waals surface area contributed by atoms with E-state index in [1.807, 2.05) is 13.8 Å². The number of carbonyl (C=O) groups excluding carboxylic acids is 1. The molecule has 3 N–H and O–H groups in total. The van der Waals surface area contributed by atoms with Gasteiger partial charge in [0.05, 0.1) is 13.2 Å². The Morgan fingerprint density at radius 1 is 1.59 bits per heavy atom. The summed E-state index contributed by atoms with van der Waals surface area (Å²) < 4.78 is 5.46. The number of ether oxygens (including phenoxy) is 1. The maximum atomic E-state index is 11.6. The molecule has 0 aromatic carbocycles. The number of amides is 1. The summed E-state index contributed by atoms with van der Waals surface area (Å²) >= 11 is 0. The van der Waals surface area contributed by atoms with Gasteiger partial charge in [0.1, 0.15) is 5.54 Å². The summed E-state index contributed by atoms with van der Waals surface area (Å²) in [6.07, 6.45) is 1.03. The monoisotopic (exact) mass is 243 g/mol. The summed E-state index contributed by atoms with van der Waals surface area (Å²) in [7, 11) is 0. The molecule has 1 heterocycles. The second-order valence-electron chi connectivity index (χ2n) is 4.83. The van der Waals surface area contributed by atoms with E-state index >= 15 is 0 Å². The minimum atomic E-state index is -0.653. The number of nitrogens with one attached hydrogen (secondary N) is 1. The largest absolute Gasteiger partial charge is 0.378 e. The number of hydrogen-bond acceptors (Lipinski definition) is 4. The molecular weight excluding hydrogens is 218 g/mol. The highest BCUT2D eigenvalue weighted by molar-refractivity contribution is 5.84. The zero-order valence-corrected chi connectivity index (χ0v) is 11.2. The van der Waals surface area contributed by atoms with Crippen LogP contribution in [0, 0.1) is 0 Å². The van der Waals surface area contributed by atoms with Crippen molar-refractivity contribution in [2.24, 2.45) is 5.73 Å². The van der Waals surface area contributed by atoms with Gasteiger partial charge in [-0.2, -0.15) is 0 Å². The van der Waals surface area contributed by atoms with Crippen LogP contribution in [0.15, 0.2) is 0 Å². The van der Waals surface area contributed by atoms with E-state index in [2.05, 4.69) is 17.1 Å². The second-order valence-corrected chi connectivity index (χ2v) is 4.83. The van der Waals surface area contributed by atoms with Crippen molar-refractivity contribution in [3.8, 4) is 0 Å². The summed E-state index contributed by atoms with van der Waals surface area (Å²) in [4.78, 5) is 13.9. The van der Waals surface area contributed by atoms with Crippen LogP contribution in [-0.2, 0) is 9.53 Å². The Morgan fingerprint density at radius 3 is 2.82 bits per heavy atom. The molecule has 5 nitrogen and oxygen atoms in total. The van der Waals surface area contributed by atoms with Crippen molar-refractivity contribution < 1.29 is 9.53 Å². The number of nitrogens with zero attached hydrogens (tertiary/aromatic N) is 1. The Morgan fingerprint density at radius 2 is 2.29 bits per heavy atom. The fourth-order valence-electron chi connectivity index (χ4n) is 2.29. The van der Waals surface area contributed by atoms with Crippen LogP contribution in [-0.4, -0.2) is 55.2 Å². The van der Waals surface area contributed by atoms with Crippen LogP contribution < -0.4 is 11.1 Å². The third-order valence-electron chi connectivity index (χ3n) is 3.45. The predicted octanol–water partition coefficient (Wildman–Crippen LogP) is -0.0493. The molecule has 100 valence electrons. The summed E-state index contributed by atoms with van der Waals surface area (Å²) in [5.74, 6) is -0.291. The average Bonchev–Trinajstić information content (AvgIpc) is 2.30. The van der Waals surface area contributed by atoms with Crippen LogP contribution in [0.25, 0.3) is 0 Å². The van der Waals surface area contributed by atoms with Crippen LogP contribution in [0.4, 0.5) is 0 Å². The summed E-state index contributed by atoms with van der Waals surface area (Å²) in [6, 6.07) is 0.390. The minimum Gasteiger partial charge on any atom is -0.378 e. The van der Waals surface area contributed by atoms with Crippen LogP contribution in [0.5, 0.6) is 0 Å². The van der Waals surface area contributed by atoms with E-state index in [0.717, 1.165) is 32.7 Å². The van der Waals surface area contributed by atoms with Crippen molar-refractivity contribution in [1.82, 2.24) is 10.2 Å². The molecule has 1 amide bonds. The van der Waals surface area contributed by atoms with E-state index in [1.54, 1.807) is 0 Å². The molecule has 1 rings (SSSR count). The lowest BCUT2D eigenvalue weighted by atomic mass is 9.99. The van der Waals surface area contributed by atoms with Gasteiger partial charge in [-0.25, -0.2) is 0 Å². The van der Waals surface area contributed by atoms with Crippen molar-refractivity contribution in [3.05, 3.63) is 0 Å². The van der Waals surface area contributed by atoms with Gasteiger partial charge in [0, 0.05) is 19.1 Å². The molecule has 2 atom stereocenters. The van der Waals surface area contributed by atoms with Gasteiger partial charge in [-0.15, -0.1) is 0 Å². The Labute approximate surface area is 104 Å². The highest BCUT2D eigenvalue weighted by Crippen LogP contribution is 2.15. The number of morpholine rings is 1. The van der Waals surface area contributed by atoms with E-state index in [1.165, 1.54) is 0 Å². The van der Waals surface area contributed by atoms with Gasteiger partial charge >= 0.3 is 0 Å². The van der Waals surface area contributed by atoms with Crippen LogP contribution >= 0.6 is 0 Å². The number of likely N-dealkylation sites (N-methyl/N-ethyl adjacent to an activating group) is 1. The molecule has 0 saturated carbocycles. The van der Waals surface area contributed by atoms with Crippen molar-refractivity contribution in [1.29, 1.82) is 0 Å². The van der Waals surface area contributed by atoms with E-state index < -0.39 is 5.54 Å². The number of hydrogen-bond donors (Lipinski definition) is 2. The van der Waals surface area contributed by atoms with Gasteiger partial charge in [0.15, 0.2) is 0 Å². The van der Waals surface area contributed by atoms with Gasteiger partial charge in [-0.3, -0.25) is 9.69 Å². The van der Waals surface area contributed by atoms with Crippen molar-refractivity contribution in [3.63, 3.8) is 0 Å². The molecule has 0 aromatic heterocycles. The highest BCUT2D eigenvalue weighted by Gasteiger charge is 2.35. The number of nitrogens with two attached hydrogens (primary N) is 1. The van der Waals surface area contributed by atoms with Gasteiger partial charge in [-0.05, 0) is 19.9 Å². The second kappa shape index (κ2) is 6.33. The fourth-order valence-corrected chi connectivity index (χ4v) is 2.29. The molecule has 1 saturated heterocycles. The number of rotatable bonds is 6. The first-order valence-electron chi connectivity index (χ1n) is 6.40. The van der Waals surface area contributed by atoms with Crippen molar-refractivity contribution >= 4 is 5.91 Å². The summed E-state index contributed by atoms with van der Waals surface area (Å²) in [5.41, 5.74) is 4.85. The molecule has 1 fully saturated rings. The Hall–Kier alpha value is -0.650. The third kappa shape index (κ3) is 3.66. The molecule has 0 bridgehead atoms. The van der Waals surface area contributed by atoms with E-state index in [9.17, 15) is 4.79 Å².